The SMILES string of the molecule is COc1ccc(CCC(=O)N2CC(Cc3ccccc3)OCC2(C)C)cc1. The Morgan fingerprint density at radius 2 is 1.81 bits per heavy atom. The van der Waals surface area contributed by atoms with E-state index in [2.05, 4.69) is 26.0 Å². The molecule has 1 unspecified atom stereocenters. The molecular weight excluding hydrogens is 338 g/mol. The topological polar surface area (TPSA) is 38.8 Å². The van der Waals surface area contributed by atoms with Crippen LogP contribution in [0.5, 0.6) is 5.75 Å². The number of ether oxygens (including phenoxy) is 2. The first-order chi connectivity index (χ1) is 13.0. The number of hydrogen-bond donors (Lipinski definition) is 0. The number of amides is 1. The Hall–Kier alpha value is -2.33. The minimum absolute atomic E-state index is 0.0466. The second-order valence-corrected chi connectivity index (χ2v) is 7.79. The van der Waals surface area contributed by atoms with Gasteiger partial charge in [-0.25, -0.2) is 0 Å². The number of carbonyl (C=O) groups is 1. The third-order valence-electron chi connectivity index (χ3n) is 5.18. The Morgan fingerprint density at radius 1 is 1.11 bits per heavy atom. The quantitative estimate of drug-likeness (QED) is 0.778. The molecule has 0 aliphatic carbocycles. The van der Waals surface area contributed by atoms with Gasteiger partial charge >= 0.3 is 0 Å². The average Bonchev–Trinajstić information content (AvgIpc) is 2.68. The van der Waals surface area contributed by atoms with Crippen LogP contribution in [0.25, 0.3) is 0 Å². The summed E-state index contributed by atoms with van der Waals surface area (Å²) >= 11 is 0. The van der Waals surface area contributed by atoms with Crippen LogP contribution in [0, 0.1) is 0 Å². The molecule has 27 heavy (non-hydrogen) atoms. The molecule has 1 amide bonds. The van der Waals surface area contributed by atoms with E-state index in [0.717, 1.165) is 24.2 Å². The summed E-state index contributed by atoms with van der Waals surface area (Å²) in [5, 5.41) is 0. The van der Waals surface area contributed by atoms with Gasteiger partial charge in [0, 0.05) is 19.4 Å². The molecular formula is C23H29NO3. The molecule has 144 valence electrons. The van der Waals surface area contributed by atoms with Crippen LogP contribution in [0.15, 0.2) is 54.6 Å². The number of carbonyl (C=O) groups excluding carboxylic acids is 1. The Bertz CT molecular complexity index is 740. The molecule has 0 saturated carbocycles. The predicted octanol–water partition coefficient (Wildman–Crippen LogP) is 3.88. The zero-order chi connectivity index (χ0) is 19.3. The van der Waals surface area contributed by atoms with Gasteiger partial charge in [0.05, 0.1) is 25.4 Å². The van der Waals surface area contributed by atoms with Crippen molar-refractivity contribution in [3.63, 3.8) is 0 Å². The van der Waals surface area contributed by atoms with Crippen molar-refractivity contribution >= 4 is 5.91 Å². The standard InChI is InChI=1S/C23H29NO3/c1-23(2)17-27-21(15-19-7-5-4-6-8-19)16-24(23)22(25)14-11-18-9-12-20(26-3)13-10-18/h4-10,12-13,21H,11,14-17H2,1-3H3. The van der Waals surface area contributed by atoms with Gasteiger partial charge in [-0.15, -0.1) is 0 Å². The Morgan fingerprint density at radius 3 is 2.48 bits per heavy atom. The summed E-state index contributed by atoms with van der Waals surface area (Å²) in [5.74, 6) is 1.03. The van der Waals surface area contributed by atoms with Gasteiger partial charge in [0.25, 0.3) is 0 Å². The first kappa shape index (κ1) is 19.4. The van der Waals surface area contributed by atoms with Crippen molar-refractivity contribution in [3.05, 3.63) is 65.7 Å². The number of benzene rings is 2. The van der Waals surface area contributed by atoms with Crippen LogP contribution in [-0.4, -0.2) is 42.7 Å². The summed E-state index contributed by atoms with van der Waals surface area (Å²) in [5.41, 5.74) is 2.12. The third-order valence-corrected chi connectivity index (χ3v) is 5.18. The van der Waals surface area contributed by atoms with E-state index in [-0.39, 0.29) is 17.6 Å². The minimum Gasteiger partial charge on any atom is -0.497 e. The maximum atomic E-state index is 13.0. The molecule has 0 N–H and O–H groups in total. The lowest BCUT2D eigenvalue weighted by atomic mass is 9.97. The molecule has 1 fully saturated rings. The second kappa shape index (κ2) is 8.57. The first-order valence-corrected chi connectivity index (χ1v) is 9.57. The van der Waals surface area contributed by atoms with Crippen molar-refractivity contribution in [1.82, 2.24) is 4.90 Å². The molecule has 0 radical (unpaired) electrons. The second-order valence-electron chi connectivity index (χ2n) is 7.79. The van der Waals surface area contributed by atoms with Crippen LogP contribution < -0.4 is 4.74 Å². The maximum absolute atomic E-state index is 13.0. The summed E-state index contributed by atoms with van der Waals surface area (Å²) in [7, 11) is 1.66. The molecule has 1 aliphatic heterocycles. The summed E-state index contributed by atoms with van der Waals surface area (Å²) < 4.78 is 11.2. The number of hydrogen-bond acceptors (Lipinski definition) is 3. The Balaban J connectivity index is 1.60. The van der Waals surface area contributed by atoms with Gasteiger partial charge in [-0.2, -0.15) is 0 Å². The fourth-order valence-corrected chi connectivity index (χ4v) is 3.52. The van der Waals surface area contributed by atoms with Gasteiger partial charge in [-0.05, 0) is 43.5 Å². The maximum Gasteiger partial charge on any atom is 0.223 e. The number of nitrogens with zero attached hydrogens (tertiary/aromatic N) is 1. The van der Waals surface area contributed by atoms with E-state index in [1.54, 1.807) is 7.11 Å². The Kier molecular flexibility index (Phi) is 6.17. The van der Waals surface area contributed by atoms with Gasteiger partial charge < -0.3 is 14.4 Å². The number of methoxy groups -OCH3 is 1. The molecule has 1 atom stereocenters. The van der Waals surface area contributed by atoms with Crippen molar-refractivity contribution < 1.29 is 14.3 Å². The van der Waals surface area contributed by atoms with Crippen LogP contribution in [0.1, 0.15) is 31.4 Å². The fraction of sp³-hybridized carbons (Fsp3) is 0.435. The van der Waals surface area contributed by atoms with Crippen LogP contribution >= 0.6 is 0 Å². The molecule has 4 heteroatoms. The van der Waals surface area contributed by atoms with E-state index in [1.165, 1.54) is 5.56 Å². The fourth-order valence-electron chi connectivity index (χ4n) is 3.52. The van der Waals surface area contributed by atoms with Crippen molar-refractivity contribution in [2.75, 3.05) is 20.3 Å². The highest BCUT2D eigenvalue weighted by Gasteiger charge is 2.37. The lowest BCUT2D eigenvalue weighted by Crippen LogP contribution is -2.58. The highest BCUT2D eigenvalue weighted by Crippen LogP contribution is 2.25. The van der Waals surface area contributed by atoms with Gasteiger partial charge in [0.1, 0.15) is 5.75 Å². The predicted molar refractivity (Wildman–Crippen MR) is 107 cm³/mol. The summed E-state index contributed by atoms with van der Waals surface area (Å²) in [4.78, 5) is 15.0. The zero-order valence-electron chi connectivity index (χ0n) is 16.5. The average molecular weight is 367 g/mol. The van der Waals surface area contributed by atoms with Crippen LogP contribution in [0.3, 0.4) is 0 Å². The van der Waals surface area contributed by atoms with E-state index in [1.807, 2.05) is 47.4 Å². The van der Waals surface area contributed by atoms with Gasteiger partial charge in [0.2, 0.25) is 5.91 Å². The molecule has 0 bridgehead atoms. The van der Waals surface area contributed by atoms with E-state index >= 15 is 0 Å². The monoisotopic (exact) mass is 367 g/mol. The molecule has 2 aromatic carbocycles. The van der Waals surface area contributed by atoms with Crippen LogP contribution in [-0.2, 0) is 22.4 Å². The summed E-state index contributed by atoms with van der Waals surface area (Å²) in [6.07, 6.45) is 2.12. The van der Waals surface area contributed by atoms with Gasteiger partial charge in [0.15, 0.2) is 0 Å². The van der Waals surface area contributed by atoms with E-state index < -0.39 is 0 Å². The number of morpholine rings is 1. The molecule has 4 nitrogen and oxygen atoms in total. The molecule has 0 spiro atoms. The normalized spacial score (nSPS) is 18.9. The highest BCUT2D eigenvalue weighted by molar-refractivity contribution is 5.77. The van der Waals surface area contributed by atoms with E-state index in [4.69, 9.17) is 9.47 Å². The van der Waals surface area contributed by atoms with Gasteiger partial charge in [-0.1, -0.05) is 42.5 Å². The van der Waals surface area contributed by atoms with Crippen molar-refractivity contribution in [1.29, 1.82) is 0 Å². The first-order valence-electron chi connectivity index (χ1n) is 9.57. The largest absolute Gasteiger partial charge is 0.497 e. The van der Waals surface area contributed by atoms with E-state index in [9.17, 15) is 4.79 Å². The van der Waals surface area contributed by atoms with Crippen molar-refractivity contribution in [2.45, 2.75) is 44.8 Å². The Labute approximate surface area is 162 Å². The zero-order valence-corrected chi connectivity index (χ0v) is 16.5. The van der Waals surface area contributed by atoms with Crippen LogP contribution in [0.2, 0.25) is 0 Å². The molecule has 1 aliphatic rings. The lowest BCUT2D eigenvalue weighted by Gasteiger charge is -2.45. The smallest absolute Gasteiger partial charge is 0.223 e. The van der Waals surface area contributed by atoms with Crippen molar-refractivity contribution in [3.8, 4) is 5.75 Å². The number of aryl methyl sites for hydroxylation is 1. The van der Waals surface area contributed by atoms with Gasteiger partial charge in [-0.3, -0.25) is 4.79 Å². The molecule has 0 aromatic heterocycles. The molecule has 1 heterocycles. The molecule has 2 aromatic rings. The van der Waals surface area contributed by atoms with Crippen molar-refractivity contribution in [2.24, 2.45) is 0 Å². The van der Waals surface area contributed by atoms with Crippen LogP contribution in [0.4, 0.5) is 0 Å². The molecule has 1 saturated heterocycles. The highest BCUT2D eigenvalue weighted by atomic mass is 16.5. The summed E-state index contributed by atoms with van der Waals surface area (Å²) in [6, 6.07) is 18.2. The molecule has 3 rings (SSSR count). The lowest BCUT2D eigenvalue weighted by molar-refractivity contribution is -0.154. The van der Waals surface area contributed by atoms with E-state index in [0.29, 0.717) is 19.6 Å². The minimum atomic E-state index is -0.274. The third kappa shape index (κ3) is 5.10. The number of rotatable bonds is 6. The summed E-state index contributed by atoms with van der Waals surface area (Å²) in [6.45, 7) is 5.37.